The predicted molar refractivity (Wildman–Crippen MR) is 95.6 cm³/mol. The summed E-state index contributed by atoms with van der Waals surface area (Å²) >= 11 is 6.22. The molecule has 1 fully saturated rings. The third-order valence-electron chi connectivity index (χ3n) is 4.34. The van der Waals surface area contributed by atoms with Crippen LogP contribution < -0.4 is 4.90 Å². The van der Waals surface area contributed by atoms with E-state index in [1.807, 2.05) is 49.4 Å². The van der Waals surface area contributed by atoms with Crippen molar-refractivity contribution in [1.29, 1.82) is 0 Å². The highest BCUT2D eigenvalue weighted by Crippen LogP contribution is 2.34. The maximum atomic E-state index is 12.4. The summed E-state index contributed by atoms with van der Waals surface area (Å²) in [5, 5.41) is 4.65. The topological polar surface area (TPSA) is 59.2 Å². The molecule has 4 rings (SSSR count). The number of carbonyl (C=O) groups excluding carboxylic acids is 1. The maximum Gasteiger partial charge on any atom is 0.257 e. The van der Waals surface area contributed by atoms with Gasteiger partial charge in [-0.25, -0.2) is 0 Å². The molecule has 0 N–H and O–H groups in total. The van der Waals surface area contributed by atoms with Crippen LogP contribution in [0, 0.1) is 6.92 Å². The highest BCUT2D eigenvalue weighted by molar-refractivity contribution is 6.33. The molecule has 6 heteroatoms. The second kappa shape index (κ2) is 6.33. The number of hydrogen-bond acceptors (Lipinski definition) is 4. The molecule has 1 amide bonds. The Kier molecular flexibility index (Phi) is 4.01. The summed E-state index contributed by atoms with van der Waals surface area (Å²) in [5.41, 5.74) is 2.73. The number of anilines is 1. The Morgan fingerprint density at radius 2 is 2.04 bits per heavy atom. The van der Waals surface area contributed by atoms with Crippen LogP contribution in [0.25, 0.3) is 11.5 Å². The Bertz CT molecular complexity index is 938. The van der Waals surface area contributed by atoms with Crippen molar-refractivity contribution in [1.82, 2.24) is 10.1 Å². The van der Waals surface area contributed by atoms with Gasteiger partial charge in [-0.1, -0.05) is 46.6 Å². The molecule has 1 aromatic heterocycles. The van der Waals surface area contributed by atoms with E-state index in [-0.39, 0.29) is 11.8 Å². The van der Waals surface area contributed by atoms with Crippen LogP contribution in [0.5, 0.6) is 0 Å². The van der Waals surface area contributed by atoms with Gasteiger partial charge in [-0.05, 0) is 31.2 Å². The van der Waals surface area contributed by atoms with Gasteiger partial charge in [-0.3, -0.25) is 4.79 Å². The second-order valence-corrected chi connectivity index (χ2v) is 6.59. The van der Waals surface area contributed by atoms with E-state index in [1.54, 1.807) is 11.0 Å². The Hall–Kier alpha value is -2.66. The van der Waals surface area contributed by atoms with Gasteiger partial charge in [0.1, 0.15) is 0 Å². The smallest absolute Gasteiger partial charge is 0.257 e. The summed E-state index contributed by atoms with van der Waals surface area (Å²) in [6, 6.07) is 15.2. The highest BCUT2D eigenvalue weighted by Gasteiger charge is 2.35. The van der Waals surface area contributed by atoms with Crippen LogP contribution in [0.15, 0.2) is 53.1 Å². The number of benzene rings is 2. The van der Waals surface area contributed by atoms with Crippen molar-refractivity contribution in [2.45, 2.75) is 19.3 Å². The minimum absolute atomic E-state index is 0.0139. The predicted octanol–water partition coefficient (Wildman–Crippen LogP) is 4.22. The lowest BCUT2D eigenvalue weighted by atomic mass is 10.1. The van der Waals surface area contributed by atoms with E-state index in [4.69, 9.17) is 16.1 Å². The largest absolute Gasteiger partial charge is 0.334 e. The summed E-state index contributed by atoms with van der Waals surface area (Å²) in [7, 11) is 0. The van der Waals surface area contributed by atoms with Crippen molar-refractivity contribution >= 4 is 23.2 Å². The van der Waals surface area contributed by atoms with E-state index >= 15 is 0 Å². The summed E-state index contributed by atoms with van der Waals surface area (Å²) in [5.74, 6) is 0.938. The number of halogens is 1. The average molecular weight is 354 g/mol. The first-order valence-corrected chi connectivity index (χ1v) is 8.45. The van der Waals surface area contributed by atoms with Gasteiger partial charge in [0.2, 0.25) is 5.91 Å². The number of hydrogen-bond donors (Lipinski definition) is 0. The fraction of sp³-hybridized carbons (Fsp3) is 0.211. The Morgan fingerprint density at radius 1 is 1.20 bits per heavy atom. The van der Waals surface area contributed by atoms with Crippen molar-refractivity contribution in [2.75, 3.05) is 11.4 Å². The third kappa shape index (κ3) is 3.03. The van der Waals surface area contributed by atoms with Gasteiger partial charge >= 0.3 is 0 Å². The number of aromatic nitrogens is 2. The molecule has 2 aromatic carbocycles. The maximum absolute atomic E-state index is 12.4. The Morgan fingerprint density at radius 3 is 2.84 bits per heavy atom. The van der Waals surface area contributed by atoms with Crippen molar-refractivity contribution in [2.24, 2.45) is 0 Å². The first-order valence-electron chi connectivity index (χ1n) is 8.07. The molecule has 1 unspecified atom stereocenters. The minimum atomic E-state index is -0.105. The number of rotatable bonds is 3. The minimum Gasteiger partial charge on any atom is -0.334 e. The summed E-state index contributed by atoms with van der Waals surface area (Å²) in [6.07, 6.45) is 0.345. The molecular weight excluding hydrogens is 338 g/mol. The summed E-state index contributed by atoms with van der Waals surface area (Å²) in [4.78, 5) is 18.6. The molecule has 1 aliphatic rings. The molecule has 0 spiro atoms. The van der Waals surface area contributed by atoms with Gasteiger partial charge in [-0.15, -0.1) is 0 Å². The zero-order chi connectivity index (χ0) is 17.4. The summed E-state index contributed by atoms with van der Waals surface area (Å²) < 4.78 is 5.40. The molecule has 1 aliphatic heterocycles. The summed E-state index contributed by atoms with van der Waals surface area (Å²) in [6.45, 7) is 2.51. The van der Waals surface area contributed by atoms with Gasteiger partial charge in [0.05, 0.1) is 10.7 Å². The molecule has 5 nitrogen and oxygen atoms in total. The monoisotopic (exact) mass is 353 g/mol. The van der Waals surface area contributed by atoms with Gasteiger partial charge in [0, 0.05) is 24.4 Å². The third-order valence-corrected chi connectivity index (χ3v) is 4.66. The lowest BCUT2D eigenvalue weighted by Gasteiger charge is -2.17. The number of amides is 1. The zero-order valence-corrected chi connectivity index (χ0v) is 14.4. The molecular formula is C19H16ClN3O2. The van der Waals surface area contributed by atoms with Crippen molar-refractivity contribution in [3.63, 3.8) is 0 Å². The van der Waals surface area contributed by atoms with E-state index in [1.165, 1.54) is 0 Å². The number of aryl methyl sites for hydroxylation is 1. The van der Waals surface area contributed by atoms with Crippen LogP contribution in [0.4, 0.5) is 5.69 Å². The lowest BCUT2D eigenvalue weighted by molar-refractivity contribution is -0.117. The van der Waals surface area contributed by atoms with Crippen LogP contribution in [-0.4, -0.2) is 22.6 Å². The normalized spacial score (nSPS) is 17.3. The van der Waals surface area contributed by atoms with Crippen molar-refractivity contribution in [3.05, 3.63) is 64.9 Å². The first-order chi connectivity index (χ1) is 12.1. The van der Waals surface area contributed by atoms with Gasteiger partial charge in [0.25, 0.3) is 5.89 Å². The molecule has 1 atom stereocenters. The van der Waals surface area contributed by atoms with Crippen LogP contribution in [0.1, 0.15) is 23.7 Å². The first kappa shape index (κ1) is 15.8. The van der Waals surface area contributed by atoms with E-state index in [0.29, 0.717) is 29.7 Å². The van der Waals surface area contributed by atoms with Gasteiger partial charge in [0.15, 0.2) is 5.82 Å². The van der Waals surface area contributed by atoms with E-state index in [0.717, 1.165) is 16.8 Å². The van der Waals surface area contributed by atoms with Gasteiger partial charge in [-0.2, -0.15) is 4.98 Å². The fourth-order valence-corrected chi connectivity index (χ4v) is 3.32. The quantitative estimate of drug-likeness (QED) is 0.707. The molecule has 2 heterocycles. The van der Waals surface area contributed by atoms with Crippen molar-refractivity contribution < 1.29 is 9.32 Å². The average Bonchev–Trinajstić information content (AvgIpc) is 3.22. The molecule has 3 aromatic rings. The van der Waals surface area contributed by atoms with Crippen LogP contribution in [0.3, 0.4) is 0 Å². The molecule has 126 valence electrons. The second-order valence-electron chi connectivity index (χ2n) is 6.18. The highest BCUT2D eigenvalue weighted by atomic mass is 35.5. The van der Waals surface area contributed by atoms with Crippen LogP contribution in [0.2, 0.25) is 5.02 Å². The van der Waals surface area contributed by atoms with Crippen molar-refractivity contribution in [3.8, 4) is 11.5 Å². The van der Waals surface area contributed by atoms with Gasteiger partial charge < -0.3 is 9.42 Å². The van der Waals surface area contributed by atoms with E-state index < -0.39 is 0 Å². The molecule has 0 radical (unpaired) electrons. The number of carbonyl (C=O) groups is 1. The Labute approximate surface area is 150 Å². The SMILES string of the molecule is Cc1cccc(-c2nc(C3CC(=O)N(c4ccccc4Cl)C3)no2)c1. The van der Waals surface area contributed by atoms with E-state index in [9.17, 15) is 4.79 Å². The van der Waals surface area contributed by atoms with Crippen LogP contribution in [-0.2, 0) is 4.79 Å². The molecule has 0 saturated carbocycles. The van der Waals surface area contributed by atoms with E-state index in [2.05, 4.69) is 10.1 Å². The zero-order valence-electron chi connectivity index (χ0n) is 13.6. The van der Waals surface area contributed by atoms with Crippen LogP contribution >= 0.6 is 11.6 Å². The molecule has 0 aliphatic carbocycles. The molecule has 0 bridgehead atoms. The number of para-hydroxylation sites is 1. The standard InChI is InChI=1S/C19H16ClN3O2/c1-12-5-4-6-13(9-12)19-21-18(22-25-19)14-10-17(24)23(11-14)16-8-3-2-7-15(16)20/h2-9,14H,10-11H2,1H3. The number of nitrogens with zero attached hydrogens (tertiary/aromatic N) is 3. The molecule has 25 heavy (non-hydrogen) atoms. The Balaban J connectivity index is 1.58. The lowest BCUT2D eigenvalue weighted by Crippen LogP contribution is -2.24. The fourth-order valence-electron chi connectivity index (χ4n) is 3.08. The molecule has 1 saturated heterocycles.